The molecule has 0 bridgehead atoms. The number of para-hydroxylation sites is 1. The van der Waals surface area contributed by atoms with Gasteiger partial charge in [0, 0.05) is 23.7 Å². The molecule has 0 unspecified atom stereocenters. The zero-order chi connectivity index (χ0) is 21.7. The fourth-order valence-corrected chi connectivity index (χ4v) is 4.25. The Hall–Kier alpha value is -3.24. The van der Waals surface area contributed by atoms with Gasteiger partial charge in [0.05, 0.1) is 22.7 Å². The number of rotatable bonds is 8. The Morgan fingerprint density at radius 2 is 1.80 bits per heavy atom. The Morgan fingerprint density at radius 1 is 1.10 bits per heavy atom. The summed E-state index contributed by atoms with van der Waals surface area (Å²) in [5, 5.41) is 16.5. The zero-order valence-electron chi connectivity index (χ0n) is 16.0. The molecule has 0 aliphatic rings. The molecule has 0 saturated heterocycles. The number of nitrogens with one attached hydrogen (secondary N) is 2. The highest BCUT2D eigenvalue weighted by molar-refractivity contribution is 7.90. The average Bonchev–Trinajstić information content (AvgIpc) is 3.12. The summed E-state index contributed by atoms with van der Waals surface area (Å²) < 4.78 is 23.7. The van der Waals surface area contributed by atoms with E-state index in [-0.39, 0.29) is 17.2 Å². The van der Waals surface area contributed by atoms with Crippen molar-refractivity contribution in [1.82, 2.24) is 4.98 Å². The van der Waals surface area contributed by atoms with Gasteiger partial charge < -0.3 is 10.4 Å². The number of thiazole rings is 1. The van der Waals surface area contributed by atoms with E-state index in [0.717, 1.165) is 23.2 Å². The van der Waals surface area contributed by atoms with Crippen LogP contribution >= 0.6 is 11.3 Å². The minimum Gasteiger partial charge on any atom is -0.481 e. The third kappa shape index (κ3) is 5.65. The standard InChI is InChI=1S/C20H19N3O5S2/c1-30(27,28)17-5-3-2-4-16(17)21-11-13-6-8-14(9-7-13)19(26)23-20-22-15(12-29-20)10-18(24)25/h2-9,12,21H,10-11H2,1H3,(H,24,25)(H,22,23,26). The van der Waals surface area contributed by atoms with Gasteiger partial charge in [-0.15, -0.1) is 11.3 Å². The molecular weight excluding hydrogens is 426 g/mol. The predicted molar refractivity (Wildman–Crippen MR) is 115 cm³/mol. The lowest BCUT2D eigenvalue weighted by molar-refractivity contribution is -0.136. The number of hydrogen-bond acceptors (Lipinski definition) is 7. The number of sulfone groups is 1. The van der Waals surface area contributed by atoms with Crippen molar-refractivity contribution in [2.24, 2.45) is 0 Å². The molecule has 156 valence electrons. The van der Waals surface area contributed by atoms with Crippen molar-refractivity contribution in [3.8, 4) is 0 Å². The Kier molecular flexibility index (Phi) is 6.48. The van der Waals surface area contributed by atoms with Crippen LogP contribution in [0.15, 0.2) is 58.8 Å². The molecule has 0 aliphatic carbocycles. The smallest absolute Gasteiger partial charge is 0.309 e. The predicted octanol–water partition coefficient (Wildman–Crippen LogP) is 3.04. The van der Waals surface area contributed by atoms with Gasteiger partial charge in [-0.25, -0.2) is 13.4 Å². The second kappa shape index (κ2) is 9.06. The summed E-state index contributed by atoms with van der Waals surface area (Å²) in [7, 11) is -3.34. The molecule has 1 heterocycles. The fraction of sp³-hybridized carbons (Fsp3) is 0.150. The number of carbonyl (C=O) groups excluding carboxylic acids is 1. The SMILES string of the molecule is CS(=O)(=O)c1ccccc1NCc1ccc(C(=O)Nc2nc(CC(=O)O)cs2)cc1. The number of carboxylic acid groups (broad SMARTS) is 1. The van der Waals surface area contributed by atoms with Gasteiger partial charge in [-0.2, -0.15) is 0 Å². The van der Waals surface area contributed by atoms with Crippen molar-refractivity contribution >= 4 is 43.9 Å². The maximum Gasteiger partial charge on any atom is 0.309 e. The molecule has 3 rings (SSSR count). The van der Waals surface area contributed by atoms with Crippen molar-refractivity contribution in [1.29, 1.82) is 0 Å². The molecule has 0 atom stereocenters. The first kappa shape index (κ1) is 21.5. The molecule has 0 aliphatic heterocycles. The van der Waals surface area contributed by atoms with Gasteiger partial charge in [-0.05, 0) is 29.8 Å². The van der Waals surface area contributed by atoms with Crippen LogP contribution in [0.2, 0.25) is 0 Å². The fourth-order valence-electron chi connectivity index (χ4n) is 2.68. The van der Waals surface area contributed by atoms with Crippen LogP contribution in [0.1, 0.15) is 21.6 Å². The number of aromatic nitrogens is 1. The van der Waals surface area contributed by atoms with Crippen LogP contribution in [0.25, 0.3) is 0 Å². The maximum atomic E-state index is 12.3. The molecule has 2 aromatic carbocycles. The Morgan fingerprint density at radius 3 is 2.47 bits per heavy atom. The second-order valence-electron chi connectivity index (χ2n) is 6.49. The van der Waals surface area contributed by atoms with Crippen LogP contribution in [0.5, 0.6) is 0 Å². The highest BCUT2D eigenvalue weighted by Gasteiger charge is 2.13. The number of aliphatic carboxylic acids is 1. The van der Waals surface area contributed by atoms with E-state index in [2.05, 4.69) is 15.6 Å². The van der Waals surface area contributed by atoms with Crippen molar-refractivity contribution in [3.05, 3.63) is 70.7 Å². The van der Waals surface area contributed by atoms with E-state index in [0.29, 0.717) is 28.6 Å². The van der Waals surface area contributed by atoms with Crippen molar-refractivity contribution in [3.63, 3.8) is 0 Å². The number of carbonyl (C=O) groups is 2. The molecule has 0 fully saturated rings. The average molecular weight is 446 g/mol. The molecule has 10 heteroatoms. The van der Waals surface area contributed by atoms with Crippen LogP contribution < -0.4 is 10.6 Å². The summed E-state index contributed by atoms with van der Waals surface area (Å²) in [6.07, 6.45) is 0.963. The summed E-state index contributed by atoms with van der Waals surface area (Å²) in [4.78, 5) is 27.4. The number of hydrogen-bond donors (Lipinski definition) is 3. The topological polar surface area (TPSA) is 125 Å². The molecule has 3 aromatic rings. The van der Waals surface area contributed by atoms with Gasteiger partial charge in [-0.1, -0.05) is 24.3 Å². The lowest BCUT2D eigenvalue weighted by Crippen LogP contribution is -2.12. The highest BCUT2D eigenvalue weighted by Crippen LogP contribution is 2.21. The molecule has 1 aromatic heterocycles. The van der Waals surface area contributed by atoms with Crippen molar-refractivity contribution in [2.45, 2.75) is 17.9 Å². The summed E-state index contributed by atoms with van der Waals surface area (Å²) in [5.41, 5.74) is 2.19. The summed E-state index contributed by atoms with van der Waals surface area (Å²) in [6, 6.07) is 13.5. The van der Waals surface area contributed by atoms with E-state index in [1.54, 1.807) is 53.9 Å². The molecule has 3 N–H and O–H groups in total. The Labute approximate surface area is 177 Å². The summed E-state index contributed by atoms with van der Waals surface area (Å²) >= 11 is 1.16. The third-order valence-electron chi connectivity index (χ3n) is 4.09. The number of carboxylic acids is 1. The van der Waals surface area contributed by atoms with Crippen LogP contribution in [-0.4, -0.2) is 36.6 Å². The lowest BCUT2D eigenvalue weighted by atomic mass is 10.1. The normalized spacial score (nSPS) is 11.1. The van der Waals surface area contributed by atoms with E-state index in [4.69, 9.17) is 5.11 Å². The maximum absolute atomic E-state index is 12.3. The van der Waals surface area contributed by atoms with Gasteiger partial charge in [-0.3, -0.25) is 14.9 Å². The zero-order valence-corrected chi connectivity index (χ0v) is 17.6. The number of anilines is 2. The van der Waals surface area contributed by atoms with E-state index in [9.17, 15) is 18.0 Å². The highest BCUT2D eigenvalue weighted by atomic mass is 32.2. The first-order valence-electron chi connectivity index (χ1n) is 8.82. The molecular formula is C20H19N3O5S2. The summed E-state index contributed by atoms with van der Waals surface area (Å²) in [6.45, 7) is 0.388. The summed E-state index contributed by atoms with van der Waals surface area (Å²) in [5.74, 6) is -1.34. The van der Waals surface area contributed by atoms with Gasteiger partial charge in [0.2, 0.25) is 0 Å². The monoisotopic (exact) mass is 445 g/mol. The molecule has 0 radical (unpaired) electrons. The van der Waals surface area contributed by atoms with Gasteiger partial charge in [0.25, 0.3) is 5.91 Å². The first-order valence-corrected chi connectivity index (χ1v) is 11.6. The van der Waals surface area contributed by atoms with Crippen LogP contribution in [0.4, 0.5) is 10.8 Å². The quantitative estimate of drug-likeness (QED) is 0.486. The van der Waals surface area contributed by atoms with Crippen LogP contribution in [-0.2, 0) is 27.6 Å². The largest absolute Gasteiger partial charge is 0.481 e. The van der Waals surface area contributed by atoms with Crippen LogP contribution in [0, 0.1) is 0 Å². The molecule has 0 spiro atoms. The second-order valence-corrected chi connectivity index (χ2v) is 9.33. The third-order valence-corrected chi connectivity index (χ3v) is 6.05. The Balaban J connectivity index is 1.62. The Bertz CT molecular complexity index is 1170. The van der Waals surface area contributed by atoms with Crippen molar-refractivity contribution in [2.75, 3.05) is 16.9 Å². The lowest BCUT2D eigenvalue weighted by Gasteiger charge is -2.11. The van der Waals surface area contributed by atoms with E-state index >= 15 is 0 Å². The first-order chi connectivity index (χ1) is 14.2. The van der Waals surface area contributed by atoms with Gasteiger partial charge >= 0.3 is 5.97 Å². The van der Waals surface area contributed by atoms with E-state index < -0.39 is 15.8 Å². The van der Waals surface area contributed by atoms with E-state index in [1.807, 2.05) is 0 Å². The minimum atomic E-state index is -3.34. The number of nitrogens with zero attached hydrogens (tertiary/aromatic N) is 1. The molecule has 1 amide bonds. The van der Waals surface area contributed by atoms with Gasteiger partial charge in [0.15, 0.2) is 15.0 Å². The molecule has 8 nitrogen and oxygen atoms in total. The van der Waals surface area contributed by atoms with Crippen molar-refractivity contribution < 1.29 is 23.1 Å². The number of benzene rings is 2. The van der Waals surface area contributed by atoms with Crippen LogP contribution in [0.3, 0.4) is 0 Å². The molecule has 30 heavy (non-hydrogen) atoms. The number of amides is 1. The van der Waals surface area contributed by atoms with Gasteiger partial charge in [0.1, 0.15) is 0 Å². The minimum absolute atomic E-state index is 0.198. The van der Waals surface area contributed by atoms with E-state index in [1.165, 1.54) is 0 Å². The molecule has 0 saturated carbocycles.